The van der Waals surface area contributed by atoms with E-state index in [1.807, 2.05) is 36.4 Å². The largest absolute Gasteiger partial charge is 0.340 e. The number of hydrogen-bond donors (Lipinski definition) is 1. The number of carbonyl (C=O) groups excluding carboxylic acids is 1. The molecule has 3 aromatic carbocycles. The molecule has 1 N–H and O–H groups in total. The van der Waals surface area contributed by atoms with E-state index in [1.165, 1.54) is 12.1 Å². The molecule has 3 aromatic rings. The Balaban J connectivity index is 1.66. The van der Waals surface area contributed by atoms with E-state index >= 15 is 0 Å². The summed E-state index contributed by atoms with van der Waals surface area (Å²) in [4.78, 5) is 14.2. The Hall–Kier alpha value is -2.98. The number of nitrogens with zero attached hydrogens (tertiary/aromatic N) is 1. The minimum atomic E-state index is -0.275. The first kappa shape index (κ1) is 18.8. The summed E-state index contributed by atoms with van der Waals surface area (Å²) in [6.07, 6.45) is 0. The fraction of sp³-hybridized carbons (Fsp3) is 0.174. The van der Waals surface area contributed by atoms with Gasteiger partial charge in [0.1, 0.15) is 5.82 Å². The Kier molecular flexibility index (Phi) is 6.34. The topological polar surface area (TPSA) is 32.3 Å². The third-order valence-electron chi connectivity index (χ3n) is 4.48. The molecule has 0 saturated carbocycles. The molecule has 0 bridgehead atoms. The second-order valence-electron chi connectivity index (χ2n) is 6.51. The number of amides is 1. The van der Waals surface area contributed by atoms with Gasteiger partial charge in [0.15, 0.2) is 0 Å². The van der Waals surface area contributed by atoms with Gasteiger partial charge in [0.2, 0.25) is 5.91 Å². The smallest absolute Gasteiger partial charge is 0.236 e. The minimum absolute atomic E-state index is 0.0174. The van der Waals surface area contributed by atoms with Crippen LogP contribution in [0.5, 0.6) is 0 Å². The monoisotopic (exact) mass is 362 g/mol. The maximum absolute atomic E-state index is 13.0. The quantitative estimate of drug-likeness (QED) is 0.684. The van der Waals surface area contributed by atoms with Crippen molar-refractivity contribution in [3.8, 4) is 0 Å². The summed E-state index contributed by atoms with van der Waals surface area (Å²) >= 11 is 0. The number of carbonyl (C=O) groups is 1. The van der Waals surface area contributed by atoms with Gasteiger partial charge < -0.3 is 4.90 Å². The lowest BCUT2D eigenvalue weighted by Crippen LogP contribution is -2.37. The van der Waals surface area contributed by atoms with Gasteiger partial charge in [-0.3, -0.25) is 10.1 Å². The molecule has 3 rings (SSSR count). The van der Waals surface area contributed by atoms with Crippen LogP contribution in [0.1, 0.15) is 22.7 Å². The van der Waals surface area contributed by atoms with Crippen LogP contribution in [0.2, 0.25) is 0 Å². The van der Waals surface area contributed by atoms with E-state index < -0.39 is 0 Å². The second-order valence-corrected chi connectivity index (χ2v) is 6.51. The van der Waals surface area contributed by atoms with Gasteiger partial charge >= 0.3 is 0 Å². The van der Waals surface area contributed by atoms with Gasteiger partial charge in [-0.15, -0.1) is 0 Å². The summed E-state index contributed by atoms with van der Waals surface area (Å²) in [7, 11) is 1.76. The number of likely N-dealkylation sites (N-methyl/N-ethyl adjacent to an activating group) is 1. The van der Waals surface area contributed by atoms with E-state index in [0.29, 0.717) is 6.54 Å². The highest BCUT2D eigenvalue weighted by atomic mass is 19.1. The van der Waals surface area contributed by atoms with E-state index in [2.05, 4.69) is 29.6 Å². The van der Waals surface area contributed by atoms with Gasteiger partial charge in [-0.2, -0.15) is 0 Å². The Labute approximate surface area is 159 Å². The van der Waals surface area contributed by atoms with Crippen molar-refractivity contribution in [1.29, 1.82) is 0 Å². The number of halogens is 1. The van der Waals surface area contributed by atoms with Crippen LogP contribution in [0.3, 0.4) is 0 Å². The van der Waals surface area contributed by atoms with Gasteiger partial charge in [0, 0.05) is 13.6 Å². The van der Waals surface area contributed by atoms with Gasteiger partial charge in [-0.05, 0) is 28.8 Å². The molecule has 0 unspecified atom stereocenters. The predicted molar refractivity (Wildman–Crippen MR) is 106 cm³/mol. The fourth-order valence-corrected chi connectivity index (χ4v) is 3.00. The average molecular weight is 362 g/mol. The maximum Gasteiger partial charge on any atom is 0.236 e. The van der Waals surface area contributed by atoms with E-state index in [0.717, 1.165) is 16.7 Å². The zero-order valence-corrected chi connectivity index (χ0v) is 15.3. The van der Waals surface area contributed by atoms with Crippen molar-refractivity contribution in [3.63, 3.8) is 0 Å². The summed E-state index contributed by atoms with van der Waals surface area (Å²) in [6.45, 7) is 0.661. The third kappa shape index (κ3) is 5.25. The molecule has 0 aliphatic heterocycles. The summed E-state index contributed by atoms with van der Waals surface area (Å²) in [5.41, 5.74) is 3.12. The molecule has 0 fully saturated rings. The predicted octanol–water partition coefficient (Wildman–Crippen LogP) is 4.16. The molecule has 0 spiro atoms. The first-order valence-corrected chi connectivity index (χ1v) is 8.95. The Bertz CT molecular complexity index is 811. The van der Waals surface area contributed by atoms with Crippen LogP contribution in [0, 0.1) is 5.82 Å². The molecule has 0 aliphatic rings. The van der Waals surface area contributed by atoms with Crippen molar-refractivity contribution in [1.82, 2.24) is 10.2 Å². The molecule has 1 amide bonds. The molecular weight excluding hydrogens is 339 g/mol. The lowest BCUT2D eigenvalue weighted by molar-refractivity contribution is -0.129. The van der Waals surface area contributed by atoms with Gasteiger partial charge in [-0.1, -0.05) is 72.8 Å². The SMILES string of the molecule is CN(Cc1ccc(F)cc1)C(=O)CNC(c1ccccc1)c1ccccc1. The van der Waals surface area contributed by atoms with E-state index in [-0.39, 0.29) is 24.3 Å². The number of nitrogens with one attached hydrogen (secondary N) is 1. The number of hydrogen-bond acceptors (Lipinski definition) is 2. The van der Waals surface area contributed by atoms with E-state index in [9.17, 15) is 9.18 Å². The van der Waals surface area contributed by atoms with E-state index in [4.69, 9.17) is 0 Å². The second kappa shape index (κ2) is 9.10. The van der Waals surface area contributed by atoms with Crippen molar-refractivity contribution < 1.29 is 9.18 Å². The third-order valence-corrected chi connectivity index (χ3v) is 4.48. The van der Waals surface area contributed by atoms with Crippen LogP contribution in [-0.2, 0) is 11.3 Å². The summed E-state index contributed by atoms with van der Waals surface area (Å²) in [6, 6.07) is 26.3. The highest BCUT2D eigenvalue weighted by molar-refractivity contribution is 5.78. The van der Waals surface area contributed by atoms with Gasteiger partial charge in [0.25, 0.3) is 0 Å². The van der Waals surface area contributed by atoms with Crippen molar-refractivity contribution in [2.75, 3.05) is 13.6 Å². The van der Waals surface area contributed by atoms with Crippen LogP contribution in [-0.4, -0.2) is 24.4 Å². The molecule has 0 radical (unpaired) electrons. The van der Waals surface area contributed by atoms with Crippen molar-refractivity contribution >= 4 is 5.91 Å². The first-order chi connectivity index (χ1) is 13.1. The summed E-state index contributed by atoms with van der Waals surface area (Å²) < 4.78 is 13.0. The van der Waals surface area contributed by atoms with Crippen molar-refractivity contribution in [2.45, 2.75) is 12.6 Å². The molecule has 4 heteroatoms. The van der Waals surface area contributed by atoms with Crippen LogP contribution in [0.25, 0.3) is 0 Å². The highest BCUT2D eigenvalue weighted by Crippen LogP contribution is 2.21. The molecule has 0 aromatic heterocycles. The molecule has 3 nitrogen and oxygen atoms in total. The standard InChI is InChI=1S/C23H23FN2O/c1-26(17-18-12-14-21(24)15-13-18)22(27)16-25-23(19-8-4-2-5-9-19)20-10-6-3-7-11-20/h2-15,23,25H,16-17H2,1H3. The summed E-state index contributed by atoms with van der Waals surface area (Å²) in [5, 5.41) is 3.38. The molecule has 27 heavy (non-hydrogen) atoms. The normalized spacial score (nSPS) is 10.8. The lowest BCUT2D eigenvalue weighted by atomic mass is 9.99. The number of benzene rings is 3. The van der Waals surface area contributed by atoms with Crippen LogP contribution in [0.15, 0.2) is 84.9 Å². The summed E-state index contributed by atoms with van der Waals surface area (Å²) in [5.74, 6) is -0.292. The molecule has 0 aliphatic carbocycles. The highest BCUT2D eigenvalue weighted by Gasteiger charge is 2.16. The molecule has 138 valence electrons. The zero-order chi connectivity index (χ0) is 19.1. The first-order valence-electron chi connectivity index (χ1n) is 8.95. The molecule has 0 atom stereocenters. The van der Waals surface area contributed by atoms with Crippen LogP contribution >= 0.6 is 0 Å². The Morgan fingerprint density at radius 1 is 0.889 bits per heavy atom. The molecular formula is C23H23FN2O. The van der Waals surface area contributed by atoms with Crippen molar-refractivity contribution in [2.24, 2.45) is 0 Å². The van der Waals surface area contributed by atoms with Crippen molar-refractivity contribution in [3.05, 3.63) is 107 Å². The minimum Gasteiger partial charge on any atom is -0.340 e. The lowest BCUT2D eigenvalue weighted by Gasteiger charge is -2.22. The Morgan fingerprint density at radius 3 is 1.93 bits per heavy atom. The maximum atomic E-state index is 13.0. The fourth-order valence-electron chi connectivity index (χ4n) is 3.00. The van der Waals surface area contributed by atoms with Crippen LogP contribution in [0.4, 0.5) is 4.39 Å². The van der Waals surface area contributed by atoms with Gasteiger partial charge in [-0.25, -0.2) is 4.39 Å². The average Bonchev–Trinajstić information content (AvgIpc) is 2.71. The molecule has 0 saturated heterocycles. The van der Waals surface area contributed by atoms with Crippen LogP contribution < -0.4 is 5.32 Å². The number of rotatable bonds is 7. The Morgan fingerprint density at radius 2 is 1.41 bits per heavy atom. The molecule has 0 heterocycles. The van der Waals surface area contributed by atoms with E-state index in [1.54, 1.807) is 24.1 Å². The van der Waals surface area contributed by atoms with Gasteiger partial charge in [0.05, 0.1) is 12.6 Å². The zero-order valence-electron chi connectivity index (χ0n) is 15.3.